The minimum absolute atomic E-state index is 0.218. The van der Waals surface area contributed by atoms with E-state index in [0.717, 1.165) is 0 Å². The third-order valence-electron chi connectivity index (χ3n) is 1.38. The van der Waals surface area contributed by atoms with Crippen LogP contribution >= 0.6 is 0 Å². The van der Waals surface area contributed by atoms with E-state index in [4.69, 9.17) is 5.11 Å². The van der Waals surface area contributed by atoms with E-state index in [-0.39, 0.29) is 6.42 Å². The van der Waals surface area contributed by atoms with Gasteiger partial charge in [-0.3, -0.25) is 4.79 Å². The zero-order valence-electron chi connectivity index (χ0n) is 5.10. The maximum absolute atomic E-state index is 12.3. The second-order valence-electron chi connectivity index (χ2n) is 2.23. The summed E-state index contributed by atoms with van der Waals surface area (Å²) in [6.45, 7) is 0. The van der Waals surface area contributed by atoms with E-state index in [9.17, 15) is 13.6 Å². The van der Waals surface area contributed by atoms with Crippen molar-refractivity contribution in [1.82, 2.24) is 5.32 Å². The van der Waals surface area contributed by atoms with Crippen molar-refractivity contribution in [2.45, 2.75) is 25.0 Å². The summed E-state index contributed by atoms with van der Waals surface area (Å²) in [5, 5.41) is 10.3. The summed E-state index contributed by atoms with van der Waals surface area (Å²) < 4.78 is 24.6. The van der Waals surface area contributed by atoms with Gasteiger partial charge in [0, 0.05) is 12.8 Å². The molecule has 10 heavy (non-hydrogen) atoms. The number of nitrogens with one attached hydrogen (secondary N) is 1. The number of aliphatic hydroxyl groups excluding tert-OH is 1. The van der Waals surface area contributed by atoms with E-state index in [1.54, 1.807) is 5.32 Å². The number of halogens is 2. The largest absolute Gasteiger partial charge is 0.368 e. The maximum atomic E-state index is 12.3. The number of alkyl halides is 2. The summed E-state index contributed by atoms with van der Waals surface area (Å²) in [5.74, 6) is -3.69. The van der Waals surface area contributed by atoms with Crippen LogP contribution in [0.5, 0.6) is 0 Å². The van der Waals surface area contributed by atoms with Crippen molar-refractivity contribution in [1.29, 1.82) is 0 Å². The van der Waals surface area contributed by atoms with Crippen LogP contribution in [0.1, 0.15) is 12.8 Å². The first-order valence-electron chi connectivity index (χ1n) is 2.87. The molecule has 0 bridgehead atoms. The Morgan fingerprint density at radius 3 is 2.70 bits per heavy atom. The van der Waals surface area contributed by atoms with Crippen molar-refractivity contribution in [2.75, 3.05) is 0 Å². The third kappa shape index (κ3) is 1.23. The van der Waals surface area contributed by atoms with Crippen molar-refractivity contribution in [3.8, 4) is 0 Å². The molecule has 2 N–H and O–H groups in total. The van der Waals surface area contributed by atoms with Crippen LogP contribution in [0.2, 0.25) is 0 Å². The van der Waals surface area contributed by atoms with Crippen molar-refractivity contribution >= 4 is 5.91 Å². The van der Waals surface area contributed by atoms with Crippen LogP contribution in [0.4, 0.5) is 8.78 Å². The van der Waals surface area contributed by atoms with E-state index in [1.807, 2.05) is 0 Å². The molecular weight excluding hydrogens is 144 g/mol. The fraction of sp³-hybridized carbons (Fsp3) is 0.800. The Morgan fingerprint density at radius 2 is 2.30 bits per heavy atom. The zero-order valence-corrected chi connectivity index (χ0v) is 5.10. The minimum Gasteiger partial charge on any atom is -0.368 e. The van der Waals surface area contributed by atoms with Crippen LogP contribution in [0.15, 0.2) is 0 Å². The van der Waals surface area contributed by atoms with E-state index in [0.29, 0.717) is 0 Å². The van der Waals surface area contributed by atoms with Crippen molar-refractivity contribution in [3.05, 3.63) is 0 Å². The monoisotopic (exact) mass is 151 g/mol. The molecule has 0 radical (unpaired) electrons. The molecule has 1 rings (SSSR count). The summed E-state index contributed by atoms with van der Waals surface area (Å²) in [4.78, 5) is 10.4. The quantitative estimate of drug-likeness (QED) is 0.505. The highest BCUT2D eigenvalue weighted by Gasteiger charge is 2.42. The molecule has 1 aliphatic rings. The number of carbonyl (C=O) groups is 1. The minimum atomic E-state index is -3.16. The molecule has 1 amide bonds. The van der Waals surface area contributed by atoms with Gasteiger partial charge >= 0.3 is 0 Å². The lowest BCUT2D eigenvalue weighted by atomic mass is 10.1. The number of carbonyl (C=O) groups excluding carboxylic acids is 1. The summed E-state index contributed by atoms with van der Waals surface area (Å²) in [6, 6.07) is 0. The van der Waals surface area contributed by atoms with Gasteiger partial charge in [-0.15, -0.1) is 0 Å². The summed E-state index contributed by atoms with van der Waals surface area (Å²) in [6.07, 6.45) is -2.79. The second-order valence-corrected chi connectivity index (χ2v) is 2.23. The van der Waals surface area contributed by atoms with E-state index in [2.05, 4.69) is 0 Å². The average molecular weight is 151 g/mol. The highest BCUT2D eigenvalue weighted by Crippen LogP contribution is 2.26. The molecule has 58 valence electrons. The molecule has 0 aromatic rings. The lowest BCUT2D eigenvalue weighted by Gasteiger charge is -2.27. The second kappa shape index (κ2) is 2.16. The normalized spacial score (nSPS) is 31.5. The van der Waals surface area contributed by atoms with Crippen LogP contribution in [-0.4, -0.2) is 23.2 Å². The smallest absolute Gasteiger partial charge is 0.292 e. The molecule has 5 heteroatoms. The molecule has 1 atom stereocenters. The fourth-order valence-corrected chi connectivity index (χ4v) is 0.747. The SMILES string of the molecule is O=C1CCC(F)(F)C(O)N1. The number of amides is 1. The molecule has 1 fully saturated rings. The van der Waals surface area contributed by atoms with Gasteiger partial charge in [-0.25, -0.2) is 8.78 Å². The molecular formula is C5H7F2NO2. The number of hydrogen-bond acceptors (Lipinski definition) is 2. The number of piperidine rings is 1. The molecule has 1 heterocycles. The van der Waals surface area contributed by atoms with E-state index < -0.39 is 24.5 Å². The van der Waals surface area contributed by atoms with Crippen molar-refractivity contribution in [3.63, 3.8) is 0 Å². The maximum Gasteiger partial charge on any atom is 0.292 e. The molecule has 1 saturated heterocycles. The first kappa shape index (κ1) is 7.40. The van der Waals surface area contributed by atoms with E-state index >= 15 is 0 Å². The lowest BCUT2D eigenvalue weighted by molar-refractivity contribution is -0.162. The van der Waals surface area contributed by atoms with Gasteiger partial charge in [0.15, 0.2) is 6.23 Å². The predicted octanol–water partition coefficient (Wildman–Crippen LogP) is -0.150. The molecule has 3 nitrogen and oxygen atoms in total. The number of hydrogen-bond donors (Lipinski definition) is 2. The van der Waals surface area contributed by atoms with Crippen LogP contribution < -0.4 is 5.32 Å². The van der Waals surface area contributed by atoms with Crippen LogP contribution in [-0.2, 0) is 4.79 Å². The predicted molar refractivity (Wildman–Crippen MR) is 28.3 cm³/mol. The molecule has 0 saturated carbocycles. The summed E-state index contributed by atoms with van der Waals surface area (Å²) in [5.41, 5.74) is 0. The zero-order chi connectivity index (χ0) is 7.78. The third-order valence-corrected chi connectivity index (χ3v) is 1.38. The van der Waals surface area contributed by atoms with Gasteiger partial charge in [0.05, 0.1) is 0 Å². The van der Waals surface area contributed by atoms with Crippen molar-refractivity contribution < 1.29 is 18.7 Å². The van der Waals surface area contributed by atoms with E-state index in [1.165, 1.54) is 0 Å². The van der Waals surface area contributed by atoms with Crippen molar-refractivity contribution in [2.24, 2.45) is 0 Å². The molecule has 1 aliphatic heterocycles. The summed E-state index contributed by atoms with van der Waals surface area (Å²) in [7, 11) is 0. The first-order valence-corrected chi connectivity index (χ1v) is 2.87. The van der Waals surface area contributed by atoms with Gasteiger partial charge in [0.25, 0.3) is 5.92 Å². The highest BCUT2D eigenvalue weighted by atomic mass is 19.3. The van der Waals surface area contributed by atoms with Crippen LogP contribution in [0.3, 0.4) is 0 Å². The van der Waals surface area contributed by atoms with Gasteiger partial charge in [0.2, 0.25) is 5.91 Å². The van der Waals surface area contributed by atoms with Crippen LogP contribution in [0, 0.1) is 0 Å². The number of aliphatic hydroxyl groups is 1. The standard InChI is InChI=1S/C5H7F2NO2/c6-5(7)2-1-3(9)8-4(5)10/h4,10H,1-2H2,(H,8,9). The average Bonchev–Trinajstić information content (AvgIpc) is 1.81. The highest BCUT2D eigenvalue weighted by molar-refractivity contribution is 5.77. The Bertz CT molecular complexity index is 160. The Morgan fingerprint density at radius 1 is 1.70 bits per heavy atom. The topological polar surface area (TPSA) is 49.3 Å². The first-order chi connectivity index (χ1) is 4.52. The lowest BCUT2D eigenvalue weighted by Crippen LogP contribution is -2.52. The Balaban J connectivity index is 2.60. The van der Waals surface area contributed by atoms with Gasteiger partial charge < -0.3 is 10.4 Å². The van der Waals surface area contributed by atoms with Gasteiger partial charge in [-0.1, -0.05) is 0 Å². The van der Waals surface area contributed by atoms with Gasteiger partial charge in [-0.2, -0.15) is 0 Å². The molecule has 0 aromatic carbocycles. The fourth-order valence-electron chi connectivity index (χ4n) is 0.747. The van der Waals surface area contributed by atoms with Gasteiger partial charge in [0.1, 0.15) is 0 Å². The number of rotatable bonds is 0. The van der Waals surface area contributed by atoms with Gasteiger partial charge in [-0.05, 0) is 0 Å². The van der Waals surface area contributed by atoms with Crippen LogP contribution in [0.25, 0.3) is 0 Å². The summed E-state index contributed by atoms with van der Waals surface area (Å²) >= 11 is 0. The molecule has 0 aromatic heterocycles. The Labute approximate surface area is 56.0 Å². The molecule has 0 aliphatic carbocycles. The Hall–Kier alpha value is -0.710. The Kier molecular flexibility index (Phi) is 1.60. The molecule has 1 unspecified atom stereocenters. The molecule has 0 spiro atoms.